The lowest BCUT2D eigenvalue weighted by atomic mass is 10.1. The Morgan fingerprint density at radius 3 is 2.58 bits per heavy atom. The molecule has 4 nitrogen and oxygen atoms in total. The van der Waals surface area contributed by atoms with Crippen LogP contribution in [0.3, 0.4) is 0 Å². The summed E-state index contributed by atoms with van der Waals surface area (Å²) < 4.78 is 13.2. The van der Waals surface area contributed by atoms with E-state index in [-0.39, 0.29) is 24.1 Å². The average Bonchev–Trinajstić information content (AvgIpc) is 3.16. The lowest BCUT2D eigenvalue weighted by Crippen LogP contribution is -2.27. The van der Waals surface area contributed by atoms with Gasteiger partial charge in [0, 0.05) is 30.8 Å². The van der Waals surface area contributed by atoms with Crippen molar-refractivity contribution in [1.29, 1.82) is 0 Å². The zero-order chi connectivity index (χ0) is 18.5. The minimum absolute atomic E-state index is 0.0505. The lowest BCUT2D eigenvalue weighted by molar-refractivity contribution is -0.116. The van der Waals surface area contributed by atoms with Gasteiger partial charge in [-0.15, -0.1) is 0 Å². The minimum atomic E-state index is -0.294. The number of hydrogen-bond donors (Lipinski definition) is 1. The monoisotopic (exact) mass is 354 g/mol. The number of rotatable bonds is 5. The zero-order valence-electron chi connectivity index (χ0n) is 14.9. The van der Waals surface area contributed by atoms with Crippen LogP contribution in [0.15, 0.2) is 42.5 Å². The number of amides is 2. The molecule has 0 bridgehead atoms. The van der Waals surface area contributed by atoms with Crippen LogP contribution in [0.2, 0.25) is 0 Å². The Balaban J connectivity index is 1.58. The number of anilines is 1. The molecule has 1 fully saturated rings. The summed E-state index contributed by atoms with van der Waals surface area (Å²) in [5.74, 6) is -0.373. The first-order valence-corrected chi connectivity index (χ1v) is 8.97. The number of carbonyl (C=O) groups is 2. The Morgan fingerprint density at radius 1 is 1.12 bits per heavy atom. The topological polar surface area (TPSA) is 49.4 Å². The van der Waals surface area contributed by atoms with Gasteiger partial charge < -0.3 is 10.2 Å². The Bertz CT molecular complexity index is 813. The van der Waals surface area contributed by atoms with Gasteiger partial charge in [-0.05, 0) is 67.6 Å². The van der Waals surface area contributed by atoms with Crippen molar-refractivity contribution in [3.63, 3.8) is 0 Å². The summed E-state index contributed by atoms with van der Waals surface area (Å²) >= 11 is 0. The highest BCUT2D eigenvalue weighted by Gasteiger charge is 2.20. The van der Waals surface area contributed by atoms with Gasteiger partial charge in [-0.2, -0.15) is 0 Å². The van der Waals surface area contributed by atoms with Crippen LogP contribution in [0.4, 0.5) is 10.1 Å². The van der Waals surface area contributed by atoms with Crippen molar-refractivity contribution >= 4 is 17.5 Å². The van der Waals surface area contributed by atoms with E-state index in [9.17, 15) is 14.0 Å². The van der Waals surface area contributed by atoms with Crippen LogP contribution in [0.1, 0.15) is 40.7 Å². The highest BCUT2D eigenvalue weighted by atomic mass is 19.1. The standard InChI is InChI=1S/C21H23FN2O2/c1-15-13-17(21(26)24-11-2-3-12-24)8-9-19(15)23-20(25)10-7-16-5-4-6-18(22)14-16/h4-6,8-9,13-14H,2-3,7,10-12H2,1H3,(H,23,25). The molecule has 0 unspecified atom stereocenters. The number of hydrogen-bond acceptors (Lipinski definition) is 2. The summed E-state index contributed by atoms with van der Waals surface area (Å²) in [5.41, 5.74) is 3.01. The van der Waals surface area contributed by atoms with Crippen LogP contribution in [-0.2, 0) is 11.2 Å². The number of likely N-dealkylation sites (tertiary alicyclic amines) is 1. The summed E-state index contributed by atoms with van der Waals surface area (Å²) in [6.45, 7) is 3.51. The smallest absolute Gasteiger partial charge is 0.253 e. The summed E-state index contributed by atoms with van der Waals surface area (Å²) in [6.07, 6.45) is 2.87. The van der Waals surface area contributed by atoms with Gasteiger partial charge in [-0.25, -0.2) is 4.39 Å². The van der Waals surface area contributed by atoms with Gasteiger partial charge in [0.2, 0.25) is 5.91 Å². The van der Waals surface area contributed by atoms with Gasteiger partial charge in [0.25, 0.3) is 5.91 Å². The first-order chi connectivity index (χ1) is 12.5. The van der Waals surface area contributed by atoms with Crippen molar-refractivity contribution in [2.75, 3.05) is 18.4 Å². The van der Waals surface area contributed by atoms with Crippen molar-refractivity contribution in [2.45, 2.75) is 32.6 Å². The van der Waals surface area contributed by atoms with E-state index in [0.29, 0.717) is 17.7 Å². The first-order valence-electron chi connectivity index (χ1n) is 8.97. The van der Waals surface area contributed by atoms with E-state index in [1.807, 2.05) is 17.9 Å². The molecule has 1 N–H and O–H groups in total. The second kappa shape index (κ2) is 8.13. The van der Waals surface area contributed by atoms with Crippen LogP contribution in [0, 0.1) is 12.7 Å². The molecule has 0 atom stereocenters. The van der Waals surface area contributed by atoms with Crippen molar-refractivity contribution in [2.24, 2.45) is 0 Å². The Hall–Kier alpha value is -2.69. The minimum Gasteiger partial charge on any atom is -0.339 e. The SMILES string of the molecule is Cc1cc(C(=O)N2CCCC2)ccc1NC(=O)CCc1cccc(F)c1. The number of halogens is 1. The van der Waals surface area contributed by atoms with Crippen LogP contribution >= 0.6 is 0 Å². The summed E-state index contributed by atoms with van der Waals surface area (Å²) in [4.78, 5) is 26.5. The molecule has 5 heteroatoms. The molecule has 0 radical (unpaired) electrons. The number of benzene rings is 2. The van der Waals surface area contributed by atoms with Crippen LogP contribution in [-0.4, -0.2) is 29.8 Å². The predicted molar refractivity (Wildman–Crippen MR) is 99.7 cm³/mol. The quantitative estimate of drug-likeness (QED) is 0.884. The average molecular weight is 354 g/mol. The van der Waals surface area contributed by atoms with Gasteiger partial charge in [0.1, 0.15) is 5.82 Å². The third-order valence-corrected chi connectivity index (χ3v) is 4.67. The molecule has 0 saturated carbocycles. The summed E-state index contributed by atoms with van der Waals surface area (Å²) in [7, 11) is 0. The van der Waals surface area contributed by atoms with E-state index in [4.69, 9.17) is 0 Å². The highest BCUT2D eigenvalue weighted by Crippen LogP contribution is 2.20. The maximum Gasteiger partial charge on any atom is 0.253 e. The van der Waals surface area contributed by atoms with Gasteiger partial charge in [-0.1, -0.05) is 12.1 Å². The van der Waals surface area contributed by atoms with Gasteiger partial charge >= 0.3 is 0 Å². The number of aryl methyl sites for hydroxylation is 2. The van der Waals surface area contributed by atoms with Gasteiger partial charge in [0.15, 0.2) is 0 Å². The second-order valence-electron chi connectivity index (χ2n) is 6.71. The largest absolute Gasteiger partial charge is 0.339 e. The fourth-order valence-corrected chi connectivity index (χ4v) is 3.20. The molecule has 2 amide bonds. The molecule has 0 aliphatic carbocycles. The van der Waals surface area contributed by atoms with E-state index >= 15 is 0 Å². The molecular weight excluding hydrogens is 331 g/mol. The fourth-order valence-electron chi connectivity index (χ4n) is 3.20. The fraction of sp³-hybridized carbons (Fsp3) is 0.333. The molecular formula is C21H23FN2O2. The van der Waals surface area contributed by atoms with E-state index in [2.05, 4.69) is 5.32 Å². The third-order valence-electron chi connectivity index (χ3n) is 4.67. The maximum absolute atomic E-state index is 13.2. The molecule has 0 aromatic heterocycles. The first kappa shape index (κ1) is 18.1. The summed E-state index contributed by atoms with van der Waals surface area (Å²) in [6, 6.07) is 11.6. The van der Waals surface area contributed by atoms with E-state index in [1.54, 1.807) is 24.3 Å². The van der Waals surface area contributed by atoms with Crippen molar-refractivity contribution < 1.29 is 14.0 Å². The van der Waals surface area contributed by atoms with E-state index in [0.717, 1.165) is 37.1 Å². The molecule has 2 aromatic carbocycles. The Morgan fingerprint density at radius 2 is 1.88 bits per heavy atom. The molecule has 1 aliphatic rings. The molecule has 3 rings (SSSR count). The normalized spacial score (nSPS) is 13.7. The van der Waals surface area contributed by atoms with Crippen molar-refractivity contribution in [3.8, 4) is 0 Å². The molecule has 26 heavy (non-hydrogen) atoms. The molecule has 1 heterocycles. The second-order valence-corrected chi connectivity index (χ2v) is 6.71. The maximum atomic E-state index is 13.2. The van der Waals surface area contributed by atoms with E-state index < -0.39 is 0 Å². The zero-order valence-corrected chi connectivity index (χ0v) is 14.9. The number of nitrogens with one attached hydrogen (secondary N) is 1. The molecule has 136 valence electrons. The summed E-state index contributed by atoms with van der Waals surface area (Å²) in [5, 5.41) is 2.87. The highest BCUT2D eigenvalue weighted by molar-refractivity contribution is 5.96. The molecule has 1 aliphatic heterocycles. The Kier molecular flexibility index (Phi) is 5.66. The van der Waals surface area contributed by atoms with Crippen LogP contribution < -0.4 is 5.32 Å². The number of carbonyl (C=O) groups excluding carboxylic acids is 2. The van der Waals surface area contributed by atoms with Crippen molar-refractivity contribution in [3.05, 3.63) is 65.0 Å². The van der Waals surface area contributed by atoms with Gasteiger partial charge in [-0.3, -0.25) is 9.59 Å². The Labute approximate surface area is 153 Å². The molecule has 2 aromatic rings. The number of nitrogens with zero attached hydrogens (tertiary/aromatic N) is 1. The van der Waals surface area contributed by atoms with Crippen LogP contribution in [0.5, 0.6) is 0 Å². The van der Waals surface area contributed by atoms with E-state index in [1.165, 1.54) is 12.1 Å². The predicted octanol–water partition coefficient (Wildman–Crippen LogP) is 3.94. The lowest BCUT2D eigenvalue weighted by Gasteiger charge is -2.16. The molecule has 1 saturated heterocycles. The van der Waals surface area contributed by atoms with Crippen LogP contribution in [0.25, 0.3) is 0 Å². The van der Waals surface area contributed by atoms with Gasteiger partial charge in [0.05, 0.1) is 0 Å². The molecule has 0 spiro atoms. The third kappa shape index (κ3) is 4.48. The van der Waals surface area contributed by atoms with Crippen molar-refractivity contribution in [1.82, 2.24) is 4.90 Å².